The lowest BCUT2D eigenvalue weighted by Gasteiger charge is -2.28. The summed E-state index contributed by atoms with van der Waals surface area (Å²) < 4.78 is 1.43. The van der Waals surface area contributed by atoms with E-state index in [2.05, 4.69) is 20.8 Å². The fourth-order valence-corrected chi connectivity index (χ4v) is 2.03. The van der Waals surface area contributed by atoms with E-state index < -0.39 is 0 Å². The second-order valence-electron chi connectivity index (χ2n) is 4.07. The van der Waals surface area contributed by atoms with Gasteiger partial charge in [0, 0.05) is 7.05 Å². The number of rotatable bonds is 2. The first-order valence-corrected chi connectivity index (χ1v) is 5.37. The SMILES string of the molecule is Cn1nnnc1NC(=O)C1Cc2ccccc21. The van der Waals surface area contributed by atoms with Crippen molar-refractivity contribution in [3.8, 4) is 0 Å². The Kier molecular flexibility index (Phi) is 2.14. The molecule has 1 aliphatic carbocycles. The standard InChI is InChI=1S/C11H11N5O/c1-16-11(13-14-15-16)12-10(17)9-6-7-4-2-3-5-8(7)9/h2-5,9H,6H2,1H3,(H,12,13,15,17). The average molecular weight is 229 g/mol. The quantitative estimate of drug-likeness (QED) is 0.813. The average Bonchev–Trinajstić information content (AvgIpc) is 2.66. The van der Waals surface area contributed by atoms with Crippen molar-refractivity contribution in [3.05, 3.63) is 35.4 Å². The molecule has 1 heterocycles. The third-order valence-corrected chi connectivity index (χ3v) is 3.03. The van der Waals surface area contributed by atoms with Gasteiger partial charge < -0.3 is 0 Å². The maximum absolute atomic E-state index is 12.0. The Hall–Kier alpha value is -2.24. The van der Waals surface area contributed by atoms with Crippen LogP contribution in [0.1, 0.15) is 17.0 Å². The van der Waals surface area contributed by atoms with E-state index in [0.717, 1.165) is 12.0 Å². The summed E-state index contributed by atoms with van der Waals surface area (Å²) in [6.07, 6.45) is 0.785. The van der Waals surface area contributed by atoms with E-state index in [9.17, 15) is 4.79 Å². The Bertz CT molecular complexity index is 577. The predicted octanol–water partition coefficient (Wildman–Crippen LogP) is 0.488. The number of tetrazole rings is 1. The molecule has 3 rings (SSSR count). The summed E-state index contributed by atoms with van der Waals surface area (Å²) in [6.45, 7) is 0. The number of hydrogen-bond acceptors (Lipinski definition) is 4. The molecule has 1 unspecified atom stereocenters. The van der Waals surface area contributed by atoms with Crippen LogP contribution in [-0.4, -0.2) is 26.1 Å². The lowest BCUT2D eigenvalue weighted by atomic mass is 9.77. The molecule has 1 amide bonds. The van der Waals surface area contributed by atoms with Crippen LogP contribution in [0.25, 0.3) is 0 Å². The number of carbonyl (C=O) groups excluding carboxylic acids is 1. The van der Waals surface area contributed by atoms with Crippen molar-refractivity contribution < 1.29 is 4.79 Å². The van der Waals surface area contributed by atoms with Crippen LogP contribution in [0.3, 0.4) is 0 Å². The molecule has 0 saturated heterocycles. The van der Waals surface area contributed by atoms with Crippen molar-refractivity contribution in [3.63, 3.8) is 0 Å². The number of nitrogens with zero attached hydrogens (tertiary/aromatic N) is 4. The second kappa shape index (κ2) is 3.65. The summed E-state index contributed by atoms with van der Waals surface area (Å²) in [4.78, 5) is 12.0. The Morgan fingerprint density at radius 1 is 1.47 bits per heavy atom. The minimum atomic E-state index is -0.0806. The molecule has 6 nitrogen and oxygen atoms in total. The van der Waals surface area contributed by atoms with Crippen LogP contribution >= 0.6 is 0 Å². The van der Waals surface area contributed by atoms with E-state index in [0.29, 0.717) is 5.95 Å². The molecule has 1 N–H and O–H groups in total. The Morgan fingerprint density at radius 2 is 2.29 bits per heavy atom. The maximum Gasteiger partial charge on any atom is 0.249 e. The molecule has 0 spiro atoms. The van der Waals surface area contributed by atoms with Gasteiger partial charge in [-0.3, -0.25) is 10.1 Å². The fraction of sp³-hybridized carbons (Fsp3) is 0.273. The Morgan fingerprint density at radius 3 is 3.00 bits per heavy atom. The Labute approximate surface area is 97.6 Å². The number of benzene rings is 1. The molecule has 17 heavy (non-hydrogen) atoms. The van der Waals surface area contributed by atoms with E-state index >= 15 is 0 Å². The number of aryl methyl sites for hydroxylation is 1. The highest BCUT2D eigenvalue weighted by atomic mass is 16.2. The van der Waals surface area contributed by atoms with E-state index in [1.807, 2.05) is 24.3 Å². The molecule has 1 aromatic carbocycles. The van der Waals surface area contributed by atoms with E-state index in [1.54, 1.807) is 7.05 Å². The molecule has 0 bridgehead atoms. The lowest BCUT2D eigenvalue weighted by molar-refractivity contribution is -0.118. The number of amides is 1. The summed E-state index contributed by atoms with van der Waals surface area (Å²) in [7, 11) is 1.68. The zero-order valence-corrected chi connectivity index (χ0v) is 9.29. The molecule has 1 atom stereocenters. The highest BCUT2D eigenvalue weighted by molar-refractivity contribution is 5.96. The summed E-state index contributed by atoms with van der Waals surface area (Å²) in [6, 6.07) is 7.96. The van der Waals surface area contributed by atoms with E-state index in [-0.39, 0.29) is 11.8 Å². The van der Waals surface area contributed by atoms with Crippen LogP contribution in [0.5, 0.6) is 0 Å². The highest BCUT2D eigenvalue weighted by Gasteiger charge is 2.32. The molecular weight excluding hydrogens is 218 g/mol. The minimum absolute atomic E-state index is 0.0541. The van der Waals surface area contributed by atoms with Gasteiger partial charge in [-0.1, -0.05) is 29.4 Å². The molecule has 0 radical (unpaired) electrons. The van der Waals surface area contributed by atoms with Crippen molar-refractivity contribution in [1.29, 1.82) is 0 Å². The molecule has 1 aromatic heterocycles. The topological polar surface area (TPSA) is 72.7 Å². The van der Waals surface area contributed by atoms with Gasteiger partial charge in [0.25, 0.3) is 0 Å². The van der Waals surface area contributed by atoms with Gasteiger partial charge in [0.2, 0.25) is 11.9 Å². The molecule has 86 valence electrons. The number of aromatic nitrogens is 4. The zero-order valence-electron chi connectivity index (χ0n) is 9.29. The summed E-state index contributed by atoms with van der Waals surface area (Å²) >= 11 is 0. The van der Waals surface area contributed by atoms with Crippen molar-refractivity contribution in [1.82, 2.24) is 20.2 Å². The first kappa shape index (κ1) is 9.95. The number of carbonyl (C=O) groups is 1. The molecular formula is C11H11N5O. The van der Waals surface area contributed by atoms with Crippen LogP contribution in [0.2, 0.25) is 0 Å². The minimum Gasteiger partial charge on any atom is -0.293 e. The molecule has 0 fully saturated rings. The monoisotopic (exact) mass is 229 g/mol. The van der Waals surface area contributed by atoms with Crippen LogP contribution in [0.4, 0.5) is 5.95 Å². The van der Waals surface area contributed by atoms with Crippen molar-refractivity contribution in [2.24, 2.45) is 7.05 Å². The normalized spacial score (nSPS) is 17.1. The van der Waals surface area contributed by atoms with Gasteiger partial charge >= 0.3 is 0 Å². The number of nitrogens with one attached hydrogen (secondary N) is 1. The molecule has 1 aliphatic rings. The smallest absolute Gasteiger partial charge is 0.249 e. The summed E-state index contributed by atoms with van der Waals surface area (Å²) in [5.41, 5.74) is 2.34. The number of fused-ring (bicyclic) bond motifs is 1. The van der Waals surface area contributed by atoms with Gasteiger partial charge in [-0.05, 0) is 28.0 Å². The number of hydrogen-bond donors (Lipinski definition) is 1. The molecule has 6 heteroatoms. The number of anilines is 1. The highest BCUT2D eigenvalue weighted by Crippen LogP contribution is 2.35. The molecule has 0 aliphatic heterocycles. The maximum atomic E-state index is 12.0. The van der Waals surface area contributed by atoms with Gasteiger partial charge in [-0.25, -0.2) is 4.68 Å². The van der Waals surface area contributed by atoms with E-state index in [1.165, 1.54) is 10.2 Å². The van der Waals surface area contributed by atoms with Gasteiger partial charge in [-0.2, -0.15) is 0 Å². The third-order valence-electron chi connectivity index (χ3n) is 3.03. The first-order chi connectivity index (χ1) is 8.25. The second-order valence-corrected chi connectivity index (χ2v) is 4.07. The van der Waals surface area contributed by atoms with Crippen LogP contribution in [0, 0.1) is 0 Å². The van der Waals surface area contributed by atoms with Crippen molar-refractivity contribution in [2.75, 3.05) is 5.32 Å². The summed E-state index contributed by atoms with van der Waals surface area (Å²) in [5.74, 6) is 0.240. The van der Waals surface area contributed by atoms with Crippen LogP contribution in [0.15, 0.2) is 24.3 Å². The van der Waals surface area contributed by atoms with Crippen LogP contribution < -0.4 is 5.32 Å². The van der Waals surface area contributed by atoms with E-state index in [4.69, 9.17) is 0 Å². The van der Waals surface area contributed by atoms with Gasteiger partial charge in [-0.15, -0.1) is 0 Å². The molecule has 0 saturated carbocycles. The third kappa shape index (κ3) is 1.57. The van der Waals surface area contributed by atoms with Gasteiger partial charge in [0.1, 0.15) is 0 Å². The fourth-order valence-electron chi connectivity index (χ4n) is 2.03. The largest absolute Gasteiger partial charge is 0.293 e. The van der Waals surface area contributed by atoms with Crippen molar-refractivity contribution >= 4 is 11.9 Å². The van der Waals surface area contributed by atoms with Gasteiger partial charge in [0.15, 0.2) is 0 Å². The lowest BCUT2D eigenvalue weighted by Crippen LogP contribution is -2.30. The first-order valence-electron chi connectivity index (χ1n) is 5.37. The zero-order chi connectivity index (χ0) is 11.8. The van der Waals surface area contributed by atoms with Gasteiger partial charge in [0.05, 0.1) is 5.92 Å². The van der Waals surface area contributed by atoms with Crippen LogP contribution in [-0.2, 0) is 18.3 Å². The summed E-state index contributed by atoms with van der Waals surface area (Å²) in [5, 5.41) is 13.6. The molecule has 2 aromatic rings. The predicted molar refractivity (Wildman–Crippen MR) is 60.3 cm³/mol. The van der Waals surface area contributed by atoms with Crippen molar-refractivity contribution in [2.45, 2.75) is 12.3 Å². The Balaban J connectivity index is 1.76.